The average Bonchev–Trinajstić information content (AvgIpc) is 3.37. The average molecular weight is 1090 g/mol. The summed E-state index contributed by atoms with van der Waals surface area (Å²) in [4.78, 5) is 79.3. The number of aliphatic hydroxyl groups excluding tert-OH is 2. The third kappa shape index (κ3) is 9.24. The molecule has 0 aromatic heterocycles. The van der Waals surface area contributed by atoms with Crippen LogP contribution in [0.4, 0.5) is 0 Å². The molecule has 11 N–H and O–H groups in total. The van der Waals surface area contributed by atoms with Crippen LogP contribution in [0.2, 0.25) is 0 Å². The predicted octanol–water partition coefficient (Wildman–Crippen LogP) is -0.346. The van der Waals surface area contributed by atoms with Crippen molar-refractivity contribution in [1.82, 2.24) is 0 Å². The fourth-order valence-corrected chi connectivity index (χ4v) is 11.6. The van der Waals surface area contributed by atoms with E-state index in [0.29, 0.717) is 0 Å². The molecular weight excluding hydrogens is 1030 g/mol. The van der Waals surface area contributed by atoms with E-state index >= 15 is 0 Å². The van der Waals surface area contributed by atoms with Gasteiger partial charge in [0.25, 0.3) is 0 Å². The standard InChI is InChI=1S/C28H30O10.C27H29NO10.ClH/c1-11-8-18(37-12(2)23(11)30)38-17-10-28(35,13(3)29)9-15-20(17)27(34)22-21(25(15)32)24(31)14-6-5-7-16(36-4)19(14)26(22)33;1-10-22(30)14(28)7-17(37-10)38-16-9-27(35,11(2)29)8-13-19(16)26(34)21-20(24(13)32)23(31)12-5-4-6-15(36-3)18(12)25(21)33;/h5-7,11-12,17-18,23,30,32,34-35H,8-10H2,1-4H3;4-6,10,14,16-17,22,30,32,34-35H,7-9,28H2,1-3H3;1H/t11?,12?,17-,18?,23?,28-;10?,14?,16-,17?,22?,27-;/m00./s1. The molecule has 2 aliphatic heterocycles. The molecule has 77 heavy (non-hydrogen) atoms. The van der Waals surface area contributed by atoms with Crippen molar-refractivity contribution in [3.05, 3.63) is 103 Å². The first-order chi connectivity index (χ1) is 35.8. The molecule has 22 heteroatoms. The maximum Gasteiger partial charge on any atom is 0.202 e. The molecule has 4 aliphatic carbocycles. The van der Waals surface area contributed by atoms with Gasteiger partial charge in [-0.15, -0.1) is 0 Å². The number of benzene rings is 4. The third-order valence-electron chi connectivity index (χ3n) is 15.9. The van der Waals surface area contributed by atoms with E-state index in [1.807, 2.05) is 6.92 Å². The zero-order valence-corrected chi connectivity index (χ0v) is 43.8. The number of halogens is 1. The van der Waals surface area contributed by atoms with E-state index in [1.54, 1.807) is 13.8 Å². The first-order valence-electron chi connectivity index (χ1n) is 24.8. The van der Waals surface area contributed by atoms with Crippen LogP contribution in [0.3, 0.4) is 0 Å². The Morgan fingerprint density at radius 3 is 1.32 bits per heavy atom. The summed E-state index contributed by atoms with van der Waals surface area (Å²) in [5.74, 6) is -6.35. The van der Waals surface area contributed by atoms with Gasteiger partial charge in [-0.1, -0.05) is 31.2 Å². The summed E-state index contributed by atoms with van der Waals surface area (Å²) in [5.41, 5.74) is -1.89. The number of rotatable bonds is 8. The molecule has 21 nitrogen and oxygen atoms in total. The van der Waals surface area contributed by atoms with Gasteiger partial charge in [0, 0.05) is 65.5 Å². The van der Waals surface area contributed by atoms with E-state index in [1.165, 1.54) is 64.5 Å². The highest BCUT2D eigenvalue weighted by Gasteiger charge is 2.52. The van der Waals surface area contributed by atoms with Crippen molar-refractivity contribution < 1.29 is 116 Å². The first-order valence-corrected chi connectivity index (χ1v) is 24.8. The second-order valence-corrected chi connectivity index (χ2v) is 20.7. The van der Waals surface area contributed by atoms with Crippen molar-refractivity contribution in [1.29, 1.82) is 0 Å². The normalized spacial score (nSPS) is 29.9. The van der Waals surface area contributed by atoms with Crippen molar-refractivity contribution in [2.75, 3.05) is 14.2 Å². The number of hydrogen-bond acceptors (Lipinski definition) is 20. The number of phenols is 4. The molecule has 0 spiro atoms. The smallest absolute Gasteiger partial charge is 0.202 e. The van der Waals surface area contributed by atoms with Crippen LogP contribution in [0, 0.1) is 5.92 Å². The fraction of sp³-hybridized carbons (Fsp3) is 0.455. The molecule has 2 saturated heterocycles. The molecule has 12 atom stereocenters. The Balaban J connectivity index is 0.000000201. The summed E-state index contributed by atoms with van der Waals surface area (Å²) in [5, 5.41) is 88.5. The van der Waals surface area contributed by atoms with Crippen molar-refractivity contribution in [3.8, 4) is 34.5 Å². The SMILES string of the molecule is COc1cccc2c1C(=O)c1c(O)c3c(c(O)c1C2=O)C[C@@](O)(C(C)=O)C[C@@H]3OC1CC(C)C(O)C(C)O1.COc1cccc2c1C(=O)c1c(O)c3c(c(O)c1C2=O)C[C@@](O)(C(C)=O)C[C@@H]3OC1CC([NH3+])C(O)C(C)O1.[Cl-]. The highest BCUT2D eigenvalue weighted by molar-refractivity contribution is 6.32. The summed E-state index contributed by atoms with van der Waals surface area (Å²) in [7, 11) is 2.69. The number of hydrogen-bond donors (Lipinski definition) is 9. The number of aromatic hydroxyl groups is 4. The maximum atomic E-state index is 13.6. The highest BCUT2D eigenvalue weighted by Crippen LogP contribution is 2.55. The summed E-state index contributed by atoms with van der Waals surface area (Å²) in [6, 6.07) is 8.48. The third-order valence-corrected chi connectivity index (χ3v) is 15.9. The number of methoxy groups -OCH3 is 2. The second kappa shape index (κ2) is 20.8. The number of quaternary nitrogens is 1. The zero-order chi connectivity index (χ0) is 55.4. The Morgan fingerprint density at radius 2 is 0.961 bits per heavy atom. The molecule has 0 amide bonds. The quantitative estimate of drug-likeness (QED) is 0.0880. The van der Waals surface area contributed by atoms with Gasteiger partial charge in [-0.05, 0) is 45.7 Å². The van der Waals surface area contributed by atoms with Crippen LogP contribution in [0.25, 0.3) is 0 Å². The lowest BCUT2D eigenvalue weighted by molar-refractivity contribution is -0.466. The van der Waals surface area contributed by atoms with Crippen LogP contribution in [0.15, 0.2) is 36.4 Å². The maximum absolute atomic E-state index is 13.6. The van der Waals surface area contributed by atoms with Gasteiger partial charge < -0.3 is 87.4 Å². The van der Waals surface area contributed by atoms with Crippen molar-refractivity contribution >= 4 is 34.7 Å². The van der Waals surface area contributed by atoms with Crippen LogP contribution in [-0.4, -0.2) is 144 Å². The van der Waals surface area contributed by atoms with Gasteiger partial charge in [-0.25, -0.2) is 0 Å². The van der Waals surface area contributed by atoms with E-state index in [9.17, 15) is 69.6 Å². The number of Topliss-reactive ketones (excluding diaryl/α,β-unsaturated/α-hetero) is 2. The minimum Gasteiger partial charge on any atom is -1.00 e. The second-order valence-electron chi connectivity index (χ2n) is 20.7. The van der Waals surface area contributed by atoms with Crippen LogP contribution in [-0.2, 0) is 41.4 Å². The molecule has 6 aliphatic rings. The van der Waals surface area contributed by atoms with E-state index in [4.69, 9.17) is 28.4 Å². The monoisotopic (exact) mass is 1090 g/mol. The summed E-state index contributed by atoms with van der Waals surface area (Å²) < 4.78 is 34.4. The molecule has 4 aromatic rings. The fourth-order valence-electron chi connectivity index (χ4n) is 11.6. The molecule has 2 heterocycles. The Kier molecular flexibility index (Phi) is 15.3. The number of ether oxygens (including phenoxy) is 6. The molecule has 412 valence electrons. The van der Waals surface area contributed by atoms with E-state index < -0.39 is 159 Å². The van der Waals surface area contributed by atoms with Gasteiger partial charge in [0.15, 0.2) is 35.7 Å². The van der Waals surface area contributed by atoms with Gasteiger partial charge in [-0.2, -0.15) is 0 Å². The van der Waals surface area contributed by atoms with Gasteiger partial charge in [-0.3, -0.25) is 28.8 Å². The minimum absolute atomic E-state index is 0. The molecular formula is C55H60ClNO20. The molecule has 8 unspecified atom stereocenters. The number of fused-ring (bicyclic) bond motifs is 6. The molecule has 0 bridgehead atoms. The summed E-state index contributed by atoms with van der Waals surface area (Å²) in [6.07, 6.45) is -7.84. The van der Waals surface area contributed by atoms with Crippen LogP contribution in [0.5, 0.6) is 34.5 Å². The number of aliphatic hydroxyl groups is 4. The number of carbonyl (C=O) groups is 6. The largest absolute Gasteiger partial charge is 1.00 e. The Morgan fingerprint density at radius 1 is 0.584 bits per heavy atom. The van der Waals surface area contributed by atoms with Gasteiger partial charge in [0.1, 0.15) is 57.8 Å². The van der Waals surface area contributed by atoms with Gasteiger partial charge >= 0.3 is 0 Å². The molecule has 2 fully saturated rings. The van der Waals surface area contributed by atoms with Crippen LogP contribution >= 0.6 is 0 Å². The van der Waals surface area contributed by atoms with Crippen molar-refractivity contribution in [2.24, 2.45) is 5.92 Å². The van der Waals surface area contributed by atoms with Gasteiger partial charge in [0.05, 0.1) is 84.5 Å². The molecule has 4 aromatic carbocycles. The Labute approximate surface area is 446 Å². The van der Waals surface area contributed by atoms with Crippen LogP contribution < -0.4 is 27.6 Å². The Hall–Kier alpha value is -6.37. The lowest BCUT2D eigenvalue weighted by Crippen LogP contribution is -3.00. The van der Waals surface area contributed by atoms with Gasteiger partial charge in [0.2, 0.25) is 11.6 Å². The van der Waals surface area contributed by atoms with E-state index in [2.05, 4.69) is 5.73 Å². The highest BCUT2D eigenvalue weighted by atomic mass is 35.5. The topological polar surface area (TPSA) is 347 Å². The zero-order valence-electron chi connectivity index (χ0n) is 43.0. The summed E-state index contributed by atoms with van der Waals surface area (Å²) in [6.45, 7) is 7.55. The lowest BCUT2D eigenvalue weighted by Gasteiger charge is -2.42. The summed E-state index contributed by atoms with van der Waals surface area (Å²) >= 11 is 0. The number of ketones is 6. The van der Waals surface area contributed by atoms with Crippen molar-refractivity contribution in [2.45, 2.75) is 140 Å². The predicted molar refractivity (Wildman–Crippen MR) is 261 cm³/mol. The Bertz CT molecular complexity index is 2930. The number of phenolic OH excluding ortho intramolecular Hbond substituents is 4. The minimum atomic E-state index is -1.98. The van der Waals surface area contributed by atoms with E-state index in [-0.39, 0.29) is 100 Å². The first kappa shape index (κ1) is 56.8. The van der Waals surface area contributed by atoms with Crippen LogP contribution in [0.1, 0.15) is 158 Å². The molecule has 10 rings (SSSR count). The van der Waals surface area contributed by atoms with Crippen molar-refractivity contribution in [3.63, 3.8) is 0 Å². The molecule has 0 saturated carbocycles. The number of carbonyl (C=O) groups excluding carboxylic acids is 6. The van der Waals surface area contributed by atoms with E-state index in [0.717, 1.165) is 0 Å². The lowest BCUT2D eigenvalue weighted by atomic mass is 9.72. The molecule has 0 radical (unpaired) electrons.